The van der Waals surface area contributed by atoms with Gasteiger partial charge in [-0.05, 0) is 56.6 Å². The van der Waals surface area contributed by atoms with Crippen molar-refractivity contribution in [1.29, 1.82) is 0 Å². The van der Waals surface area contributed by atoms with Gasteiger partial charge in [0, 0.05) is 24.2 Å². The number of anilines is 1. The van der Waals surface area contributed by atoms with Gasteiger partial charge in [-0.3, -0.25) is 4.90 Å². The topological polar surface area (TPSA) is 6.48 Å². The van der Waals surface area contributed by atoms with Crippen LogP contribution in [0.2, 0.25) is 20.1 Å². The normalized spacial score (nSPS) is 14.8. The molecule has 0 saturated carbocycles. The van der Waals surface area contributed by atoms with Gasteiger partial charge in [0.1, 0.15) is 0 Å². The summed E-state index contributed by atoms with van der Waals surface area (Å²) in [5.41, 5.74) is 5.86. The molecule has 0 saturated heterocycles. The molecular formula is C19H20Cl4N2. The molecule has 0 atom stereocenters. The minimum atomic E-state index is 0.513. The maximum atomic E-state index is 6.68. The van der Waals surface area contributed by atoms with Gasteiger partial charge in [0.05, 0.1) is 32.4 Å². The van der Waals surface area contributed by atoms with Crippen LogP contribution in [-0.4, -0.2) is 25.2 Å². The Kier molecular flexibility index (Phi) is 5.49. The van der Waals surface area contributed by atoms with Crippen LogP contribution in [-0.2, 0) is 6.54 Å². The lowest BCUT2D eigenvalue weighted by Crippen LogP contribution is -2.40. The predicted octanol–water partition coefficient (Wildman–Crippen LogP) is 6.81. The molecule has 2 aromatic carbocycles. The molecule has 3 rings (SSSR count). The molecule has 0 radical (unpaired) electrons. The third-order valence-electron chi connectivity index (χ3n) is 4.81. The van der Waals surface area contributed by atoms with Crippen molar-refractivity contribution in [2.24, 2.45) is 0 Å². The van der Waals surface area contributed by atoms with Crippen LogP contribution in [0.3, 0.4) is 0 Å². The maximum absolute atomic E-state index is 6.68. The van der Waals surface area contributed by atoms with Crippen molar-refractivity contribution >= 4 is 52.1 Å². The van der Waals surface area contributed by atoms with Gasteiger partial charge in [0.15, 0.2) is 0 Å². The van der Waals surface area contributed by atoms with Crippen LogP contribution in [0.4, 0.5) is 5.69 Å². The molecule has 0 unspecified atom stereocenters. The lowest BCUT2D eigenvalue weighted by molar-refractivity contribution is 0.311. The second kappa shape index (κ2) is 7.17. The van der Waals surface area contributed by atoms with Crippen LogP contribution < -0.4 is 4.90 Å². The van der Waals surface area contributed by atoms with E-state index in [0.717, 1.165) is 53.3 Å². The standard InChI is InChI=1S/C19H20Cl4N2/c1-5-25-9-24(4)8-12-7-14(17(22)18(23)19(12)25)13-6-10(2)11(3)15(20)16(13)21/h6-7H,5,8-9H2,1-4H3. The molecule has 0 aromatic heterocycles. The van der Waals surface area contributed by atoms with Crippen molar-refractivity contribution < 1.29 is 0 Å². The summed E-state index contributed by atoms with van der Waals surface area (Å²) in [6.45, 7) is 8.59. The molecule has 1 heterocycles. The average molecular weight is 418 g/mol. The summed E-state index contributed by atoms with van der Waals surface area (Å²) < 4.78 is 0. The second-order valence-electron chi connectivity index (χ2n) is 6.57. The zero-order chi connectivity index (χ0) is 18.5. The summed E-state index contributed by atoms with van der Waals surface area (Å²) in [7, 11) is 2.09. The van der Waals surface area contributed by atoms with E-state index < -0.39 is 0 Å². The van der Waals surface area contributed by atoms with Crippen molar-refractivity contribution in [3.8, 4) is 11.1 Å². The maximum Gasteiger partial charge on any atom is 0.0835 e. The van der Waals surface area contributed by atoms with Crippen LogP contribution in [0.5, 0.6) is 0 Å². The Labute approximate surface area is 169 Å². The van der Waals surface area contributed by atoms with Crippen LogP contribution in [0.25, 0.3) is 11.1 Å². The smallest absolute Gasteiger partial charge is 0.0835 e. The minimum absolute atomic E-state index is 0.513. The number of fused-ring (bicyclic) bond motifs is 1. The van der Waals surface area contributed by atoms with E-state index in [0.29, 0.717) is 20.1 Å². The summed E-state index contributed by atoms with van der Waals surface area (Å²) in [6, 6.07) is 4.12. The number of benzene rings is 2. The van der Waals surface area contributed by atoms with E-state index in [1.54, 1.807) is 0 Å². The highest BCUT2D eigenvalue weighted by atomic mass is 35.5. The van der Waals surface area contributed by atoms with Gasteiger partial charge >= 0.3 is 0 Å². The van der Waals surface area contributed by atoms with E-state index in [1.165, 1.54) is 0 Å². The van der Waals surface area contributed by atoms with Crippen LogP contribution in [0, 0.1) is 13.8 Å². The van der Waals surface area contributed by atoms with E-state index in [-0.39, 0.29) is 0 Å². The van der Waals surface area contributed by atoms with E-state index in [9.17, 15) is 0 Å². The third-order valence-corrected chi connectivity index (χ3v) is 6.63. The van der Waals surface area contributed by atoms with E-state index in [1.807, 2.05) is 19.9 Å². The van der Waals surface area contributed by atoms with Gasteiger partial charge in [-0.2, -0.15) is 0 Å². The Morgan fingerprint density at radius 3 is 2.16 bits per heavy atom. The Morgan fingerprint density at radius 2 is 1.52 bits per heavy atom. The first-order valence-corrected chi connectivity index (χ1v) is 9.67. The van der Waals surface area contributed by atoms with E-state index in [2.05, 4.69) is 29.8 Å². The van der Waals surface area contributed by atoms with Crippen molar-refractivity contribution in [2.45, 2.75) is 27.3 Å². The van der Waals surface area contributed by atoms with Gasteiger partial charge < -0.3 is 4.90 Å². The molecule has 1 aliphatic rings. The molecular weight excluding hydrogens is 398 g/mol. The quantitative estimate of drug-likeness (QED) is 0.529. The summed E-state index contributed by atoms with van der Waals surface area (Å²) in [4.78, 5) is 4.47. The van der Waals surface area contributed by atoms with Gasteiger partial charge in [0.25, 0.3) is 0 Å². The number of aryl methyl sites for hydroxylation is 1. The minimum Gasteiger partial charge on any atom is -0.357 e. The van der Waals surface area contributed by atoms with E-state index in [4.69, 9.17) is 46.4 Å². The van der Waals surface area contributed by atoms with Gasteiger partial charge in [-0.15, -0.1) is 0 Å². The summed E-state index contributed by atoms with van der Waals surface area (Å²) >= 11 is 26.3. The monoisotopic (exact) mass is 416 g/mol. The molecule has 2 aromatic rings. The molecule has 0 spiro atoms. The van der Waals surface area contributed by atoms with Gasteiger partial charge in [0.2, 0.25) is 0 Å². The number of hydrogen-bond acceptors (Lipinski definition) is 2. The first kappa shape index (κ1) is 19.1. The number of nitrogens with zero attached hydrogens (tertiary/aromatic N) is 2. The highest BCUT2D eigenvalue weighted by Gasteiger charge is 2.26. The van der Waals surface area contributed by atoms with Gasteiger partial charge in [-0.1, -0.05) is 46.4 Å². The SMILES string of the molecule is CCN1CN(C)Cc2cc(-c3cc(C)c(C)c(Cl)c3Cl)c(Cl)c(Cl)c21. The van der Waals surface area contributed by atoms with Crippen LogP contribution in [0.15, 0.2) is 12.1 Å². The van der Waals surface area contributed by atoms with Crippen LogP contribution in [0.1, 0.15) is 23.6 Å². The predicted molar refractivity (Wildman–Crippen MR) is 111 cm³/mol. The fourth-order valence-electron chi connectivity index (χ4n) is 3.33. The summed E-state index contributed by atoms with van der Waals surface area (Å²) in [5, 5.41) is 2.17. The van der Waals surface area contributed by atoms with Crippen molar-refractivity contribution in [3.63, 3.8) is 0 Å². The lowest BCUT2D eigenvalue weighted by atomic mass is 9.96. The largest absolute Gasteiger partial charge is 0.357 e. The molecule has 0 bridgehead atoms. The fraction of sp³-hybridized carbons (Fsp3) is 0.368. The molecule has 0 fully saturated rings. The zero-order valence-corrected chi connectivity index (χ0v) is 17.7. The first-order valence-electron chi connectivity index (χ1n) is 8.16. The summed E-state index contributed by atoms with van der Waals surface area (Å²) in [6.07, 6.45) is 0. The van der Waals surface area contributed by atoms with Crippen molar-refractivity contribution in [3.05, 3.63) is 48.9 Å². The second-order valence-corrected chi connectivity index (χ2v) is 8.08. The average Bonchev–Trinajstić information content (AvgIpc) is 2.58. The third kappa shape index (κ3) is 3.24. The molecule has 2 nitrogen and oxygen atoms in total. The Morgan fingerprint density at radius 1 is 0.920 bits per heavy atom. The molecule has 0 aliphatic carbocycles. The number of halogens is 4. The van der Waals surface area contributed by atoms with Crippen LogP contribution >= 0.6 is 46.4 Å². The van der Waals surface area contributed by atoms with E-state index >= 15 is 0 Å². The lowest BCUT2D eigenvalue weighted by Gasteiger charge is -2.37. The number of rotatable bonds is 2. The molecule has 6 heteroatoms. The fourth-order valence-corrected chi connectivity index (χ4v) is 4.47. The molecule has 0 N–H and O–H groups in total. The highest BCUT2D eigenvalue weighted by Crippen LogP contribution is 2.47. The van der Waals surface area contributed by atoms with Gasteiger partial charge in [-0.25, -0.2) is 0 Å². The Hall–Kier alpha value is -0.640. The Bertz CT molecular complexity index is 848. The first-order chi connectivity index (χ1) is 11.8. The zero-order valence-electron chi connectivity index (χ0n) is 14.7. The molecule has 134 valence electrons. The summed E-state index contributed by atoms with van der Waals surface area (Å²) in [5.74, 6) is 0. The molecule has 25 heavy (non-hydrogen) atoms. The Balaban J connectivity index is 2.27. The van der Waals surface area contributed by atoms with Crippen molar-refractivity contribution in [2.75, 3.05) is 25.2 Å². The molecule has 1 aliphatic heterocycles. The highest BCUT2D eigenvalue weighted by molar-refractivity contribution is 6.47. The van der Waals surface area contributed by atoms with Crippen molar-refractivity contribution in [1.82, 2.24) is 4.90 Å². The number of hydrogen-bond donors (Lipinski definition) is 0. The molecule has 0 amide bonds.